The van der Waals surface area contributed by atoms with Crippen molar-refractivity contribution in [3.05, 3.63) is 52.6 Å². The molecular formula is C18H21BrN2O2. The predicted octanol–water partition coefficient (Wildman–Crippen LogP) is 4.04. The summed E-state index contributed by atoms with van der Waals surface area (Å²) in [4.78, 5) is 6.50. The molecule has 0 spiro atoms. The number of benzene rings is 1. The minimum absolute atomic E-state index is 0.212. The van der Waals surface area contributed by atoms with E-state index < -0.39 is 0 Å². The molecule has 0 saturated carbocycles. The van der Waals surface area contributed by atoms with Crippen LogP contribution >= 0.6 is 15.9 Å². The van der Waals surface area contributed by atoms with E-state index in [0.717, 1.165) is 47.6 Å². The molecule has 0 radical (unpaired) electrons. The first-order valence-electron chi connectivity index (χ1n) is 7.88. The van der Waals surface area contributed by atoms with Gasteiger partial charge in [0.2, 0.25) is 0 Å². The van der Waals surface area contributed by atoms with E-state index in [9.17, 15) is 0 Å². The number of pyridine rings is 1. The Bertz CT molecular complexity index is 630. The van der Waals surface area contributed by atoms with E-state index in [2.05, 4.69) is 31.9 Å². The summed E-state index contributed by atoms with van der Waals surface area (Å²) >= 11 is 3.60. The van der Waals surface area contributed by atoms with Gasteiger partial charge < -0.3 is 14.4 Å². The van der Waals surface area contributed by atoms with Gasteiger partial charge in [0.05, 0.1) is 10.6 Å². The first kappa shape index (κ1) is 16.3. The van der Waals surface area contributed by atoms with Gasteiger partial charge in [-0.15, -0.1) is 0 Å². The molecule has 0 aliphatic carbocycles. The average Bonchev–Trinajstić information content (AvgIpc) is 3.08. The lowest BCUT2D eigenvalue weighted by molar-refractivity contribution is 0.0673. The number of aromatic nitrogens is 1. The van der Waals surface area contributed by atoms with Crippen LogP contribution in [-0.4, -0.2) is 31.3 Å². The molecule has 1 fully saturated rings. The Morgan fingerprint density at radius 2 is 2.22 bits per heavy atom. The Morgan fingerprint density at radius 3 is 2.96 bits per heavy atom. The van der Waals surface area contributed by atoms with Gasteiger partial charge in [0.15, 0.2) is 0 Å². The van der Waals surface area contributed by atoms with Crippen molar-refractivity contribution < 1.29 is 9.47 Å². The number of anilines is 1. The van der Waals surface area contributed by atoms with Gasteiger partial charge in [-0.2, -0.15) is 0 Å². The number of ether oxygens (including phenoxy) is 2. The zero-order valence-corrected chi connectivity index (χ0v) is 14.8. The number of halogens is 1. The SMILES string of the molecule is CN(Cc1cccc(Br)c1OCC1CCCO1)c1ccccn1. The van der Waals surface area contributed by atoms with Crippen LogP contribution in [0.25, 0.3) is 0 Å². The third kappa shape index (κ3) is 4.24. The molecule has 0 bridgehead atoms. The number of hydrogen-bond donors (Lipinski definition) is 0. The van der Waals surface area contributed by atoms with Crippen LogP contribution in [0.15, 0.2) is 47.1 Å². The molecule has 0 amide bonds. The lowest BCUT2D eigenvalue weighted by atomic mass is 10.2. The standard InChI is InChI=1S/C18H21BrN2O2/c1-21(17-9-2-3-10-20-17)12-14-6-4-8-16(19)18(14)23-13-15-7-5-11-22-15/h2-4,6,8-10,15H,5,7,11-13H2,1H3. The molecule has 5 heteroatoms. The normalized spacial score (nSPS) is 17.2. The second-order valence-electron chi connectivity index (χ2n) is 5.72. The molecule has 2 aromatic rings. The summed E-state index contributed by atoms with van der Waals surface area (Å²) in [6.07, 6.45) is 4.22. The second kappa shape index (κ2) is 7.79. The Hall–Kier alpha value is -1.59. The summed E-state index contributed by atoms with van der Waals surface area (Å²) in [5.74, 6) is 1.84. The second-order valence-corrected chi connectivity index (χ2v) is 6.57. The van der Waals surface area contributed by atoms with Gasteiger partial charge in [-0.3, -0.25) is 0 Å². The number of rotatable bonds is 6. The van der Waals surface area contributed by atoms with Crippen LogP contribution in [0.5, 0.6) is 5.75 Å². The van der Waals surface area contributed by atoms with Crippen molar-refractivity contribution in [2.45, 2.75) is 25.5 Å². The fourth-order valence-corrected chi connectivity index (χ4v) is 3.23. The molecule has 4 nitrogen and oxygen atoms in total. The van der Waals surface area contributed by atoms with E-state index in [0.29, 0.717) is 6.61 Å². The zero-order chi connectivity index (χ0) is 16.1. The quantitative estimate of drug-likeness (QED) is 0.761. The zero-order valence-electron chi connectivity index (χ0n) is 13.2. The van der Waals surface area contributed by atoms with Gasteiger partial charge in [-0.25, -0.2) is 4.98 Å². The highest BCUT2D eigenvalue weighted by atomic mass is 79.9. The van der Waals surface area contributed by atoms with Crippen molar-refractivity contribution in [2.24, 2.45) is 0 Å². The summed E-state index contributed by atoms with van der Waals surface area (Å²) in [5.41, 5.74) is 1.13. The monoisotopic (exact) mass is 376 g/mol. The molecule has 1 saturated heterocycles. The molecule has 122 valence electrons. The van der Waals surface area contributed by atoms with E-state index in [-0.39, 0.29) is 6.10 Å². The molecular weight excluding hydrogens is 356 g/mol. The molecule has 1 atom stereocenters. The van der Waals surface area contributed by atoms with E-state index >= 15 is 0 Å². The Kier molecular flexibility index (Phi) is 5.51. The van der Waals surface area contributed by atoms with Crippen LogP contribution in [-0.2, 0) is 11.3 Å². The largest absolute Gasteiger partial charge is 0.489 e. The molecule has 1 aliphatic heterocycles. The van der Waals surface area contributed by atoms with E-state index in [1.165, 1.54) is 0 Å². The molecule has 1 aromatic carbocycles. The summed E-state index contributed by atoms with van der Waals surface area (Å²) < 4.78 is 12.7. The van der Waals surface area contributed by atoms with Crippen molar-refractivity contribution in [3.8, 4) is 5.75 Å². The first-order chi connectivity index (χ1) is 11.2. The minimum Gasteiger partial charge on any atom is -0.489 e. The maximum Gasteiger partial charge on any atom is 0.138 e. The molecule has 1 aromatic heterocycles. The summed E-state index contributed by atoms with van der Waals surface area (Å²) in [5, 5.41) is 0. The summed E-state index contributed by atoms with van der Waals surface area (Å²) in [6, 6.07) is 12.1. The van der Waals surface area contributed by atoms with Gasteiger partial charge in [-0.1, -0.05) is 18.2 Å². The molecule has 23 heavy (non-hydrogen) atoms. The lowest BCUT2D eigenvalue weighted by Crippen LogP contribution is -2.20. The molecule has 0 N–H and O–H groups in total. The fraction of sp³-hybridized carbons (Fsp3) is 0.389. The smallest absolute Gasteiger partial charge is 0.138 e. The van der Waals surface area contributed by atoms with Crippen molar-refractivity contribution >= 4 is 21.7 Å². The molecule has 1 aliphatic rings. The van der Waals surface area contributed by atoms with Crippen molar-refractivity contribution in [3.63, 3.8) is 0 Å². The van der Waals surface area contributed by atoms with Crippen LogP contribution in [0.1, 0.15) is 18.4 Å². The number of para-hydroxylation sites is 1. The fourth-order valence-electron chi connectivity index (χ4n) is 2.71. The highest BCUT2D eigenvalue weighted by molar-refractivity contribution is 9.10. The molecule has 1 unspecified atom stereocenters. The number of nitrogens with zero attached hydrogens (tertiary/aromatic N) is 2. The Balaban J connectivity index is 1.72. The summed E-state index contributed by atoms with van der Waals surface area (Å²) in [6.45, 7) is 2.18. The van der Waals surface area contributed by atoms with Gasteiger partial charge in [0, 0.05) is 32.0 Å². The van der Waals surface area contributed by atoms with Crippen molar-refractivity contribution in [2.75, 3.05) is 25.2 Å². The Morgan fingerprint density at radius 1 is 1.30 bits per heavy atom. The highest BCUT2D eigenvalue weighted by Crippen LogP contribution is 2.31. The molecule has 2 heterocycles. The predicted molar refractivity (Wildman–Crippen MR) is 95.0 cm³/mol. The molecule has 3 rings (SSSR count). The third-order valence-electron chi connectivity index (χ3n) is 3.93. The van der Waals surface area contributed by atoms with Gasteiger partial charge in [0.1, 0.15) is 18.2 Å². The number of hydrogen-bond acceptors (Lipinski definition) is 4. The highest BCUT2D eigenvalue weighted by Gasteiger charge is 2.18. The van der Waals surface area contributed by atoms with Gasteiger partial charge >= 0.3 is 0 Å². The van der Waals surface area contributed by atoms with Crippen molar-refractivity contribution in [1.82, 2.24) is 4.98 Å². The maximum absolute atomic E-state index is 6.07. The lowest BCUT2D eigenvalue weighted by Gasteiger charge is -2.21. The Labute approximate surface area is 145 Å². The van der Waals surface area contributed by atoms with E-state index in [1.807, 2.05) is 43.6 Å². The van der Waals surface area contributed by atoms with Crippen molar-refractivity contribution in [1.29, 1.82) is 0 Å². The van der Waals surface area contributed by atoms with Crippen LogP contribution in [0.4, 0.5) is 5.82 Å². The summed E-state index contributed by atoms with van der Waals surface area (Å²) in [7, 11) is 2.03. The topological polar surface area (TPSA) is 34.6 Å². The minimum atomic E-state index is 0.212. The average molecular weight is 377 g/mol. The maximum atomic E-state index is 6.07. The van der Waals surface area contributed by atoms with E-state index in [1.54, 1.807) is 0 Å². The van der Waals surface area contributed by atoms with Crippen LogP contribution in [0.3, 0.4) is 0 Å². The first-order valence-corrected chi connectivity index (χ1v) is 8.67. The van der Waals surface area contributed by atoms with Crippen LogP contribution < -0.4 is 9.64 Å². The van der Waals surface area contributed by atoms with Gasteiger partial charge in [0.25, 0.3) is 0 Å². The van der Waals surface area contributed by atoms with Gasteiger partial charge in [-0.05, 0) is 47.0 Å². The van der Waals surface area contributed by atoms with Crippen LogP contribution in [0, 0.1) is 0 Å². The third-order valence-corrected chi connectivity index (χ3v) is 4.56. The van der Waals surface area contributed by atoms with Crippen LogP contribution in [0.2, 0.25) is 0 Å². The van der Waals surface area contributed by atoms with E-state index in [4.69, 9.17) is 9.47 Å².